The van der Waals surface area contributed by atoms with Gasteiger partial charge in [-0.3, -0.25) is 0 Å². The van der Waals surface area contributed by atoms with E-state index in [4.69, 9.17) is 0 Å². The average Bonchev–Trinajstić information content (AvgIpc) is 2.90. The SMILES string of the molecule is Cc1cc(C)cc(Nc2nncc(NC3CCCC3)n2)c1. The third-order valence-electron chi connectivity index (χ3n) is 3.74. The molecule has 0 radical (unpaired) electrons. The maximum Gasteiger partial charge on any atom is 0.249 e. The highest BCUT2D eigenvalue weighted by Crippen LogP contribution is 2.22. The van der Waals surface area contributed by atoms with Crippen LogP contribution in [-0.2, 0) is 0 Å². The Morgan fingerprint density at radius 2 is 1.76 bits per heavy atom. The smallest absolute Gasteiger partial charge is 0.249 e. The molecule has 0 spiro atoms. The number of aryl methyl sites for hydroxylation is 2. The number of rotatable bonds is 4. The second-order valence-corrected chi connectivity index (χ2v) is 5.79. The minimum absolute atomic E-state index is 0.524. The molecule has 1 aliphatic carbocycles. The van der Waals surface area contributed by atoms with Crippen LogP contribution < -0.4 is 10.6 Å². The first-order valence-electron chi connectivity index (χ1n) is 7.50. The van der Waals surface area contributed by atoms with Crippen LogP contribution in [0.5, 0.6) is 0 Å². The lowest BCUT2D eigenvalue weighted by molar-refractivity contribution is 0.747. The summed E-state index contributed by atoms with van der Waals surface area (Å²) in [6, 6.07) is 6.82. The number of hydrogen-bond acceptors (Lipinski definition) is 5. The number of hydrogen-bond donors (Lipinski definition) is 2. The van der Waals surface area contributed by atoms with Gasteiger partial charge in [0.1, 0.15) is 0 Å². The maximum absolute atomic E-state index is 4.50. The van der Waals surface area contributed by atoms with Gasteiger partial charge >= 0.3 is 0 Å². The lowest BCUT2D eigenvalue weighted by Crippen LogP contribution is -2.16. The van der Waals surface area contributed by atoms with Crippen molar-refractivity contribution in [2.75, 3.05) is 10.6 Å². The first-order chi connectivity index (χ1) is 10.2. The average molecular weight is 283 g/mol. The second kappa shape index (κ2) is 6.08. The van der Waals surface area contributed by atoms with Crippen LogP contribution in [0, 0.1) is 13.8 Å². The zero-order valence-electron chi connectivity index (χ0n) is 12.6. The van der Waals surface area contributed by atoms with Crippen molar-refractivity contribution in [3.05, 3.63) is 35.5 Å². The maximum atomic E-state index is 4.50. The fourth-order valence-corrected chi connectivity index (χ4v) is 2.88. The van der Waals surface area contributed by atoms with E-state index >= 15 is 0 Å². The van der Waals surface area contributed by atoms with E-state index in [1.807, 2.05) is 0 Å². The minimum Gasteiger partial charge on any atom is -0.366 e. The quantitative estimate of drug-likeness (QED) is 0.898. The highest BCUT2D eigenvalue weighted by atomic mass is 15.3. The van der Waals surface area contributed by atoms with Crippen LogP contribution in [0.4, 0.5) is 17.5 Å². The van der Waals surface area contributed by atoms with E-state index in [1.165, 1.54) is 36.8 Å². The molecule has 2 aromatic rings. The number of aromatic nitrogens is 3. The summed E-state index contributed by atoms with van der Waals surface area (Å²) in [6.45, 7) is 4.16. The van der Waals surface area contributed by atoms with E-state index in [2.05, 4.69) is 57.9 Å². The van der Waals surface area contributed by atoms with Crippen molar-refractivity contribution in [2.45, 2.75) is 45.6 Å². The van der Waals surface area contributed by atoms with Crippen LogP contribution >= 0.6 is 0 Å². The molecule has 110 valence electrons. The molecule has 0 unspecified atom stereocenters. The summed E-state index contributed by atoms with van der Waals surface area (Å²) < 4.78 is 0. The largest absolute Gasteiger partial charge is 0.366 e. The summed E-state index contributed by atoms with van der Waals surface area (Å²) in [5, 5.41) is 14.7. The molecule has 1 heterocycles. The van der Waals surface area contributed by atoms with Gasteiger partial charge in [-0.25, -0.2) is 0 Å². The molecule has 2 N–H and O–H groups in total. The lowest BCUT2D eigenvalue weighted by atomic mass is 10.1. The first kappa shape index (κ1) is 13.8. The van der Waals surface area contributed by atoms with E-state index in [1.54, 1.807) is 6.20 Å². The third kappa shape index (κ3) is 3.68. The van der Waals surface area contributed by atoms with Gasteiger partial charge < -0.3 is 10.6 Å². The predicted molar refractivity (Wildman–Crippen MR) is 84.9 cm³/mol. The summed E-state index contributed by atoms with van der Waals surface area (Å²) in [4.78, 5) is 4.50. The molecule has 1 aliphatic rings. The molecule has 0 bridgehead atoms. The zero-order chi connectivity index (χ0) is 14.7. The summed E-state index contributed by atoms with van der Waals surface area (Å²) in [6.07, 6.45) is 6.70. The Labute approximate surface area is 125 Å². The molecular formula is C16H21N5. The monoisotopic (exact) mass is 283 g/mol. The predicted octanol–water partition coefficient (Wildman–Crippen LogP) is 3.59. The number of nitrogens with zero attached hydrogens (tertiary/aromatic N) is 3. The van der Waals surface area contributed by atoms with Crippen LogP contribution in [0.3, 0.4) is 0 Å². The Hall–Kier alpha value is -2.17. The van der Waals surface area contributed by atoms with Crippen molar-refractivity contribution in [1.29, 1.82) is 0 Å². The van der Waals surface area contributed by atoms with Crippen molar-refractivity contribution in [3.8, 4) is 0 Å². The van der Waals surface area contributed by atoms with Gasteiger partial charge in [0.05, 0.1) is 6.20 Å². The number of nitrogens with one attached hydrogen (secondary N) is 2. The van der Waals surface area contributed by atoms with Crippen molar-refractivity contribution in [1.82, 2.24) is 15.2 Å². The van der Waals surface area contributed by atoms with E-state index in [0.717, 1.165) is 11.5 Å². The summed E-state index contributed by atoms with van der Waals surface area (Å²) >= 11 is 0. The van der Waals surface area contributed by atoms with E-state index in [9.17, 15) is 0 Å². The van der Waals surface area contributed by atoms with Crippen LogP contribution in [0.2, 0.25) is 0 Å². The van der Waals surface area contributed by atoms with Gasteiger partial charge in [0.25, 0.3) is 0 Å². The lowest BCUT2D eigenvalue weighted by Gasteiger charge is -2.13. The van der Waals surface area contributed by atoms with Gasteiger partial charge in [-0.1, -0.05) is 18.9 Å². The highest BCUT2D eigenvalue weighted by molar-refractivity contribution is 5.56. The fraction of sp³-hybridized carbons (Fsp3) is 0.438. The van der Waals surface area contributed by atoms with E-state index in [0.29, 0.717) is 12.0 Å². The van der Waals surface area contributed by atoms with Crippen molar-refractivity contribution in [2.24, 2.45) is 0 Å². The van der Waals surface area contributed by atoms with Gasteiger partial charge in [-0.05, 0) is 49.9 Å². The Morgan fingerprint density at radius 1 is 1.05 bits per heavy atom. The summed E-state index contributed by atoms with van der Waals surface area (Å²) in [5.74, 6) is 1.33. The molecule has 0 aliphatic heterocycles. The molecule has 1 aromatic heterocycles. The topological polar surface area (TPSA) is 62.7 Å². The normalized spacial score (nSPS) is 15.1. The molecular weight excluding hydrogens is 262 g/mol. The number of anilines is 3. The van der Waals surface area contributed by atoms with Gasteiger partial charge in [0.2, 0.25) is 5.95 Å². The standard InChI is InChI=1S/C16H21N5/c1-11-7-12(2)9-14(8-11)19-16-20-15(10-17-21-16)18-13-5-3-4-6-13/h7-10,13H,3-6H2,1-2H3,(H2,18,19,20,21). The van der Waals surface area contributed by atoms with Crippen molar-refractivity contribution >= 4 is 17.5 Å². The first-order valence-corrected chi connectivity index (χ1v) is 7.50. The Balaban J connectivity index is 1.73. The van der Waals surface area contributed by atoms with Gasteiger partial charge in [-0.15, -0.1) is 5.10 Å². The molecule has 0 saturated heterocycles. The molecule has 0 amide bonds. The van der Waals surface area contributed by atoms with Crippen molar-refractivity contribution < 1.29 is 0 Å². The second-order valence-electron chi connectivity index (χ2n) is 5.79. The molecule has 21 heavy (non-hydrogen) atoms. The molecule has 3 rings (SSSR count). The Morgan fingerprint density at radius 3 is 2.48 bits per heavy atom. The highest BCUT2D eigenvalue weighted by Gasteiger charge is 2.15. The molecule has 1 aromatic carbocycles. The minimum atomic E-state index is 0.524. The third-order valence-corrected chi connectivity index (χ3v) is 3.74. The van der Waals surface area contributed by atoms with E-state index in [-0.39, 0.29) is 0 Å². The van der Waals surface area contributed by atoms with Crippen LogP contribution in [-0.4, -0.2) is 21.2 Å². The van der Waals surface area contributed by atoms with Gasteiger partial charge in [0, 0.05) is 11.7 Å². The molecule has 1 saturated carbocycles. The molecule has 5 nitrogen and oxygen atoms in total. The molecule has 1 fully saturated rings. The Bertz CT molecular complexity index is 600. The van der Waals surface area contributed by atoms with Crippen LogP contribution in [0.15, 0.2) is 24.4 Å². The number of benzene rings is 1. The zero-order valence-corrected chi connectivity index (χ0v) is 12.6. The van der Waals surface area contributed by atoms with Gasteiger partial charge in [-0.2, -0.15) is 10.1 Å². The van der Waals surface area contributed by atoms with Crippen LogP contribution in [0.1, 0.15) is 36.8 Å². The van der Waals surface area contributed by atoms with Crippen molar-refractivity contribution in [3.63, 3.8) is 0 Å². The van der Waals surface area contributed by atoms with E-state index < -0.39 is 0 Å². The Kier molecular flexibility index (Phi) is 3.99. The van der Waals surface area contributed by atoms with Crippen LogP contribution in [0.25, 0.3) is 0 Å². The fourth-order valence-electron chi connectivity index (χ4n) is 2.88. The van der Waals surface area contributed by atoms with Gasteiger partial charge in [0.15, 0.2) is 5.82 Å². The molecule has 5 heteroatoms. The molecule has 0 atom stereocenters. The summed E-state index contributed by atoms with van der Waals surface area (Å²) in [5.41, 5.74) is 3.42. The summed E-state index contributed by atoms with van der Waals surface area (Å²) in [7, 11) is 0.